The smallest absolute Gasteiger partial charge is 0.268 e. The minimum absolute atomic E-state index is 0.0145. The zero-order valence-electron chi connectivity index (χ0n) is 45.2. The van der Waals surface area contributed by atoms with E-state index in [0.29, 0.717) is 17.4 Å². The number of amides is 1. The maximum atomic E-state index is 12.9. The van der Waals surface area contributed by atoms with Gasteiger partial charge >= 0.3 is 0 Å². The summed E-state index contributed by atoms with van der Waals surface area (Å²) in [5, 5.41) is 13.8. The van der Waals surface area contributed by atoms with Gasteiger partial charge in [0, 0.05) is 6.42 Å². The van der Waals surface area contributed by atoms with Gasteiger partial charge in [-0.2, -0.15) is 0 Å². The van der Waals surface area contributed by atoms with Gasteiger partial charge in [0.25, 0.3) is 7.82 Å². The van der Waals surface area contributed by atoms with E-state index in [1.54, 1.807) is 6.08 Å². The summed E-state index contributed by atoms with van der Waals surface area (Å²) < 4.78 is 23.2. The first kappa shape index (κ1) is 66.6. The van der Waals surface area contributed by atoms with Crippen molar-refractivity contribution in [2.45, 2.75) is 206 Å². The molecule has 0 saturated heterocycles. The van der Waals surface area contributed by atoms with E-state index in [4.69, 9.17) is 9.05 Å². The molecule has 70 heavy (non-hydrogen) atoms. The number of nitrogens with zero attached hydrogens (tertiary/aromatic N) is 1. The van der Waals surface area contributed by atoms with Gasteiger partial charge in [0.05, 0.1) is 39.9 Å². The van der Waals surface area contributed by atoms with Gasteiger partial charge in [-0.1, -0.05) is 218 Å². The number of hydrogen-bond donors (Lipinski definition) is 2. The summed E-state index contributed by atoms with van der Waals surface area (Å²) in [5.74, 6) is -0.222. The number of unbranched alkanes of at least 4 members (excludes halogenated alkanes) is 15. The molecule has 0 heterocycles. The highest BCUT2D eigenvalue weighted by Crippen LogP contribution is 2.38. The SMILES string of the molecule is CC/C=C\C/C=C\C/C=C\C/C=C\C/C=C\C/C=C\C/C=C\C/C=C\C/C=C\CCCCCCCCCCCC(=O)NC(COP(=O)([O-])OCC[N+](C)(C)C)C(O)/C=C/CC/C=C/CCCCCCC. The van der Waals surface area contributed by atoms with Crippen molar-refractivity contribution in [2.24, 2.45) is 0 Å². The molecule has 398 valence electrons. The topological polar surface area (TPSA) is 108 Å². The van der Waals surface area contributed by atoms with Crippen molar-refractivity contribution >= 4 is 13.7 Å². The van der Waals surface area contributed by atoms with E-state index < -0.39 is 26.6 Å². The highest BCUT2D eigenvalue weighted by molar-refractivity contribution is 7.45. The molecule has 0 aromatic rings. The van der Waals surface area contributed by atoms with Crippen LogP contribution in [0.4, 0.5) is 0 Å². The van der Waals surface area contributed by atoms with E-state index in [2.05, 4.69) is 141 Å². The summed E-state index contributed by atoms with van der Waals surface area (Å²) in [6, 6.07) is -0.914. The van der Waals surface area contributed by atoms with Crippen molar-refractivity contribution in [2.75, 3.05) is 40.9 Å². The Morgan fingerprint density at radius 2 is 0.886 bits per heavy atom. The van der Waals surface area contributed by atoms with E-state index in [-0.39, 0.29) is 12.5 Å². The maximum Gasteiger partial charge on any atom is 0.268 e. The summed E-state index contributed by atoms with van der Waals surface area (Å²) >= 11 is 0. The lowest BCUT2D eigenvalue weighted by Gasteiger charge is -2.29. The molecule has 0 aliphatic heterocycles. The quantitative estimate of drug-likeness (QED) is 0.0272. The molecule has 0 saturated carbocycles. The summed E-state index contributed by atoms with van der Waals surface area (Å²) in [4.78, 5) is 25.4. The lowest BCUT2D eigenvalue weighted by Crippen LogP contribution is -2.45. The van der Waals surface area contributed by atoms with Crippen LogP contribution in [-0.2, 0) is 18.4 Å². The Morgan fingerprint density at radius 3 is 1.33 bits per heavy atom. The average Bonchev–Trinajstić information content (AvgIpc) is 3.32. The van der Waals surface area contributed by atoms with Crippen molar-refractivity contribution in [3.8, 4) is 0 Å². The van der Waals surface area contributed by atoms with Crippen LogP contribution in [0.1, 0.15) is 194 Å². The number of carbonyl (C=O) groups excluding carboxylic acids is 1. The predicted molar refractivity (Wildman–Crippen MR) is 302 cm³/mol. The molecule has 3 atom stereocenters. The zero-order chi connectivity index (χ0) is 51.3. The molecule has 0 aliphatic carbocycles. The Morgan fingerprint density at radius 1 is 0.514 bits per heavy atom. The third-order valence-corrected chi connectivity index (χ3v) is 12.3. The van der Waals surface area contributed by atoms with Crippen LogP contribution >= 0.6 is 7.82 Å². The van der Waals surface area contributed by atoms with Crippen molar-refractivity contribution in [1.29, 1.82) is 0 Å². The summed E-state index contributed by atoms with van der Waals surface area (Å²) in [7, 11) is 1.22. The number of rotatable bonds is 48. The fourth-order valence-electron chi connectivity index (χ4n) is 7.04. The van der Waals surface area contributed by atoms with Crippen molar-refractivity contribution in [1.82, 2.24) is 5.32 Å². The van der Waals surface area contributed by atoms with Crippen LogP contribution in [0.25, 0.3) is 0 Å². The van der Waals surface area contributed by atoms with E-state index in [0.717, 1.165) is 109 Å². The molecule has 0 aliphatic rings. The molecule has 0 radical (unpaired) electrons. The molecule has 0 fully saturated rings. The average molecular weight is 991 g/mol. The van der Waals surface area contributed by atoms with E-state index in [1.165, 1.54) is 64.2 Å². The van der Waals surface area contributed by atoms with E-state index >= 15 is 0 Å². The number of phosphoric ester groups is 1. The monoisotopic (exact) mass is 991 g/mol. The molecule has 8 nitrogen and oxygen atoms in total. The highest BCUT2D eigenvalue weighted by atomic mass is 31.2. The van der Waals surface area contributed by atoms with Crippen molar-refractivity contribution in [3.05, 3.63) is 134 Å². The van der Waals surface area contributed by atoms with Crippen molar-refractivity contribution < 1.29 is 32.9 Å². The van der Waals surface area contributed by atoms with Gasteiger partial charge in [-0.3, -0.25) is 9.36 Å². The third-order valence-electron chi connectivity index (χ3n) is 11.3. The Kier molecular flexibility index (Phi) is 48.1. The van der Waals surface area contributed by atoms with Gasteiger partial charge in [0.2, 0.25) is 5.91 Å². The number of aliphatic hydroxyl groups is 1. The van der Waals surface area contributed by atoms with Crippen LogP contribution in [-0.4, -0.2) is 68.5 Å². The summed E-state index contributed by atoms with van der Waals surface area (Å²) in [5.41, 5.74) is 0. The molecule has 9 heteroatoms. The highest BCUT2D eigenvalue weighted by Gasteiger charge is 2.23. The number of nitrogens with one attached hydrogen (secondary N) is 1. The van der Waals surface area contributed by atoms with Gasteiger partial charge in [-0.05, 0) is 103 Å². The van der Waals surface area contributed by atoms with Crippen LogP contribution < -0.4 is 10.2 Å². The fraction of sp³-hybridized carbons (Fsp3) is 0.623. The molecule has 0 rings (SSSR count). The molecule has 3 unspecified atom stereocenters. The predicted octanol–water partition coefficient (Wildman–Crippen LogP) is 16.1. The largest absolute Gasteiger partial charge is 0.756 e. The third kappa shape index (κ3) is 52.5. The number of allylic oxidation sites excluding steroid dienone is 21. The molecular weight excluding hydrogens is 888 g/mol. The number of phosphoric acid groups is 1. The Balaban J connectivity index is 4.13. The Bertz CT molecular complexity index is 1590. The Labute approximate surface area is 430 Å². The summed E-state index contributed by atoms with van der Waals surface area (Å²) in [6.07, 6.45) is 76.8. The van der Waals surface area contributed by atoms with Gasteiger partial charge < -0.3 is 28.8 Å². The van der Waals surface area contributed by atoms with Crippen LogP contribution in [0.5, 0.6) is 0 Å². The number of quaternary nitrogens is 1. The molecule has 0 bridgehead atoms. The van der Waals surface area contributed by atoms with E-state index in [1.807, 2.05) is 27.2 Å². The van der Waals surface area contributed by atoms with Gasteiger partial charge in [0.15, 0.2) is 0 Å². The molecule has 0 spiro atoms. The lowest BCUT2D eigenvalue weighted by molar-refractivity contribution is -0.870. The van der Waals surface area contributed by atoms with Gasteiger partial charge in [0.1, 0.15) is 13.2 Å². The molecular formula is C61H103N2O6P. The Hall–Kier alpha value is -3.36. The molecule has 0 aromatic carbocycles. The van der Waals surface area contributed by atoms with Gasteiger partial charge in [-0.15, -0.1) is 0 Å². The number of carbonyl (C=O) groups is 1. The summed E-state index contributed by atoms with van der Waals surface area (Å²) in [6.45, 7) is 4.45. The molecule has 2 N–H and O–H groups in total. The van der Waals surface area contributed by atoms with Crippen molar-refractivity contribution in [3.63, 3.8) is 0 Å². The normalized spacial score (nSPS) is 15.0. The van der Waals surface area contributed by atoms with Crippen LogP contribution in [0.15, 0.2) is 134 Å². The van der Waals surface area contributed by atoms with Gasteiger partial charge in [-0.25, -0.2) is 0 Å². The standard InChI is InChI=1S/C61H103N2O6P/c1-6-8-10-12-14-16-18-19-20-21-22-23-24-25-26-27-28-29-30-31-32-33-34-35-36-37-38-39-40-41-42-43-45-47-49-51-53-55-61(65)62-59(58-69-70(66,67)68-57-56-63(3,4)5)60(64)54-52-50-48-46-44-17-15-13-11-9-7-2/h8,10,14,16,19-20,22-23,25-26,28-29,31-32,34-35,37-38,44,46,52,54,59-60,64H,6-7,9,11-13,15,17-18,21,24,27,30,33,36,39-43,45,47-51,53,55-58H2,1-5H3,(H-,62,65,66,67)/b10-8-,16-14-,20-19-,23-22-,26-25-,29-28-,32-31-,35-34-,38-37-,46-44+,54-52+. The number of hydrogen-bond acceptors (Lipinski definition) is 6. The lowest BCUT2D eigenvalue weighted by atomic mass is 10.1. The first-order valence-electron chi connectivity index (χ1n) is 27.5. The zero-order valence-corrected chi connectivity index (χ0v) is 46.1. The van der Waals surface area contributed by atoms with E-state index in [9.17, 15) is 19.4 Å². The second-order valence-corrected chi connectivity index (χ2v) is 20.6. The van der Waals surface area contributed by atoms with Crippen LogP contribution in [0.3, 0.4) is 0 Å². The minimum atomic E-state index is -4.61. The molecule has 0 aromatic heterocycles. The van der Waals surface area contributed by atoms with Crippen LogP contribution in [0.2, 0.25) is 0 Å². The minimum Gasteiger partial charge on any atom is -0.756 e. The first-order valence-corrected chi connectivity index (χ1v) is 29.0. The number of likely N-dealkylation sites (N-methyl/N-ethyl adjacent to an activating group) is 1. The second kappa shape index (κ2) is 50.6. The first-order chi connectivity index (χ1) is 34.0. The maximum absolute atomic E-state index is 12.9. The second-order valence-electron chi connectivity index (χ2n) is 19.2. The fourth-order valence-corrected chi connectivity index (χ4v) is 7.76. The number of aliphatic hydroxyl groups excluding tert-OH is 1. The molecule has 1 amide bonds. The van der Waals surface area contributed by atoms with Crippen LogP contribution in [0, 0.1) is 0 Å².